The summed E-state index contributed by atoms with van der Waals surface area (Å²) in [6.45, 7) is 2.03. The Morgan fingerprint density at radius 2 is 2.12 bits per heavy atom. The molecule has 0 bridgehead atoms. The van der Waals surface area contributed by atoms with Crippen molar-refractivity contribution >= 4 is 22.4 Å². The monoisotopic (exact) mass is 372 g/mol. The van der Waals surface area contributed by atoms with Gasteiger partial charge in [-0.25, -0.2) is 4.39 Å². The van der Waals surface area contributed by atoms with Crippen LogP contribution < -0.4 is 10.9 Å². The van der Waals surface area contributed by atoms with Crippen molar-refractivity contribution < 1.29 is 9.18 Å². The van der Waals surface area contributed by atoms with Gasteiger partial charge in [0.15, 0.2) is 5.01 Å². The molecule has 3 rings (SSSR count). The number of rotatable bonds is 6. The van der Waals surface area contributed by atoms with Gasteiger partial charge in [0.25, 0.3) is 5.91 Å². The number of unbranched alkanes of at least 4 members (excludes halogenated alkanes) is 1. The molecule has 0 aliphatic heterocycles. The highest BCUT2D eigenvalue weighted by Gasteiger charge is 2.17. The van der Waals surface area contributed by atoms with Gasteiger partial charge in [-0.3, -0.25) is 14.9 Å². The molecule has 8 heteroatoms. The largest absolute Gasteiger partial charge is 0.328 e. The van der Waals surface area contributed by atoms with E-state index in [4.69, 9.17) is 0 Å². The number of carbonyl (C=O) groups is 1. The molecule has 1 aromatic carbocycles. The molecule has 2 heterocycles. The van der Waals surface area contributed by atoms with Gasteiger partial charge in [-0.05, 0) is 30.5 Å². The maximum absolute atomic E-state index is 14.5. The van der Waals surface area contributed by atoms with Crippen LogP contribution in [0.3, 0.4) is 0 Å². The molecule has 0 aliphatic rings. The van der Waals surface area contributed by atoms with Gasteiger partial charge in [0.05, 0.1) is 5.56 Å². The van der Waals surface area contributed by atoms with E-state index in [1.165, 1.54) is 18.3 Å². The predicted molar refractivity (Wildman–Crippen MR) is 98.9 cm³/mol. The number of H-pyrrole nitrogens is 1. The molecule has 0 spiro atoms. The standard InChI is InChI=1S/C18H17FN4O2S/c1-2-3-5-11-6-4-7-13(15(11)19)16(25)21-18-23-22-17(26-18)12-8-9-14(24)20-10-12/h4,6-10H,2-3,5H2,1H3,(H,20,24)(H,21,23,25). The predicted octanol–water partition coefficient (Wildman–Crippen LogP) is 3.63. The van der Waals surface area contributed by atoms with Gasteiger partial charge >= 0.3 is 0 Å². The van der Waals surface area contributed by atoms with Gasteiger partial charge in [0, 0.05) is 17.8 Å². The van der Waals surface area contributed by atoms with E-state index < -0.39 is 11.7 Å². The maximum Gasteiger partial charge on any atom is 0.260 e. The van der Waals surface area contributed by atoms with Gasteiger partial charge in [-0.1, -0.05) is 36.8 Å². The lowest BCUT2D eigenvalue weighted by Gasteiger charge is -2.07. The molecule has 0 fully saturated rings. The zero-order chi connectivity index (χ0) is 18.5. The molecule has 1 amide bonds. The Labute approximate surface area is 153 Å². The fraction of sp³-hybridized carbons (Fsp3) is 0.222. The molecule has 6 nitrogen and oxygen atoms in total. The van der Waals surface area contributed by atoms with Gasteiger partial charge in [-0.2, -0.15) is 0 Å². The fourth-order valence-electron chi connectivity index (χ4n) is 2.41. The molecule has 2 aromatic heterocycles. The highest BCUT2D eigenvalue weighted by atomic mass is 32.1. The number of anilines is 1. The number of amides is 1. The second kappa shape index (κ2) is 8.01. The number of carbonyl (C=O) groups excluding carboxylic acids is 1. The number of benzene rings is 1. The van der Waals surface area contributed by atoms with E-state index in [-0.39, 0.29) is 16.3 Å². The van der Waals surface area contributed by atoms with Gasteiger partial charge in [0.1, 0.15) is 5.82 Å². The SMILES string of the molecule is CCCCc1cccc(C(=O)Nc2nnc(-c3ccc(=O)[nH]c3)s2)c1F. The number of halogens is 1. The average molecular weight is 372 g/mol. The van der Waals surface area contributed by atoms with Crippen molar-refractivity contribution in [3.05, 3.63) is 63.8 Å². The average Bonchev–Trinajstić information content (AvgIpc) is 3.10. The summed E-state index contributed by atoms with van der Waals surface area (Å²) in [6.07, 6.45) is 3.93. The Kier molecular flexibility index (Phi) is 5.52. The van der Waals surface area contributed by atoms with Crippen molar-refractivity contribution in [2.45, 2.75) is 26.2 Å². The molecule has 0 unspecified atom stereocenters. The van der Waals surface area contributed by atoms with Crippen molar-refractivity contribution in [1.82, 2.24) is 15.2 Å². The van der Waals surface area contributed by atoms with Crippen molar-refractivity contribution in [3.63, 3.8) is 0 Å². The number of hydrogen-bond donors (Lipinski definition) is 2. The molecule has 3 aromatic rings. The van der Waals surface area contributed by atoms with E-state index >= 15 is 0 Å². The minimum absolute atomic E-state index is 0.0144. The third kappa shape index (κ3) is 4.02. The van der Waals surface area contributed by atoms with E-state index in [2.05, 4.69) is 20.5 Å². The highest BCUT2D eigenvalue weighted by molar-refractivity contribution is 7.18. The molecule has 0 saturated carbocycles. The lowest BCUT2D eigenvalue weighted by molar-refractivity contribution is 0.102. The number of nitrogens with zero attached hydrogens (tertiary/aromatic N) is 2. The molecule has 26 heavy (non-hydrogen) atoms. The Balaban J connectivity index is 1.76. The van der Waals surface area contributed by atoms with Crippen LogP contribution in [0.25, 0.3) is 10.6 Å². The minimum atomic E-state index is -0.565. The second-order valence-electron chi connectivity index (χ2n) is 5.69. The summed E-state index contributed by atoms with van der Waals surface area (Å²) in [5, 5.41) is 11.3. The number of aryl methyl sites for hydroxylation is 1. The number of nitrogens with one attached hydrogen (secondary N) is 2. The maximum atomic E-state index is 14.5. The third-order valence-corrected chi connectivity index (χ3v) is 4.69. The number of aromatic nitrogens is 3. The van der Waals surface area contributed by atoms with Crippen LogP contribution in [0, 0.1) is 5.82 Å². The van der Waals surface area contributed by atoms with Crippen molar-refractivity contribution in [1.29, 1.82) is 0 Å². The van der Waals surface area contributed by atoms with Gasteiger partial charge in [-0.15, -0.1) is 10.2 Å². The minimum Gasteiger partial charge on any atom is -0.328 e. The quantitative estimate of drug-likeness (QED) is 0.692. The van der Waals surface area contributed by atoms with Crippen molar-refractivity contribution in [3.8, 4) is 10.6 Å². The van der Waals surface area contributed by atoms with Crippen LogP contribution in [-0.2, 0) is 6.42 Å². The molecule has 2 N–H and O–H groups in total. The number of hydrogen-bond acceptors (Lipinski definition) is 5. The first-order chi connectivity index (χ1) is 12.6. The molecular weight excluding hydrogens is 355 g/mol. The first kappa shape index (κ1) is 17.9. The highest BCUT2D eigenvalue weighted by Crippen LogP contribution is 2.26. The Hall–Kier alpha value is -2.87. The van der Waals surface area contributed by atoms with Crippen LogP contribution in [0.1, 0.15) is 35.7 Å². The molecule has 0 radical (unpaired) electrons. The Bertz CT molecular complexity index is 963. The van der Waals surface area contributed by atoms with E-state index in [9.17, 15) is 14.0 Å². The first-order valence-electron chi connectivity index (χ1n) is 8.20. The Morgan fingerprint density at radius 3 is 2.85 bits per heavy atom. The van der Waals surface area contributed by atoms with Gasteiger partial charge < -0.3 is 4.98 Å². The third-order valence-electron chi connectivity index (χ3n) is 3.80. The normalized spacial score (nSPS) is 10.7. The van der Waals surface area contributed by atoms with E-state index in [0.29, 0.717) is 22.6 Å². The topological polar surface area (TPSA) is 87.7 Å². The van der Waals surface area contributed by atoms with Crippen LogP contribution in [0.15, 0.2) is 41.3 Å². The zero-order valence-corrected chi connectivity index (χ0v) is 14.9. The first-order valence-corrected chi connectivity index (χ1v) is 9.01. The Morgan fingerprint density at radius 1 is 1.27 bits per heavy atom. The van der Waals surface area contributed by atoms with E-state index in [1.54, 1.807) is 18.2 Å². The lowest BCUT2D eigenvalue weighted by Crippen LogP contribution is -2.14. The molecule has 0 saturated heterocycles. The van der Waals surface area contributed by atoms with Crippen LogP contribution >= 0.6 is 11.3 Å². The summed E-state index contributed by atoms with van der Waals surface area (Å²) in [4.78, 5) is 26.0. The zero-order valence-electron chi connectivity index (χ0n) is 14.1. The number of aromatic amines is 1. The molecular formula is C18H17FN4O2S. The lowest BCUT2D eigenvalue weighted by atomic mass is 10.0. The molecule has 0 aliphatic carbocycles. The van der Waals surface area contributed by atoms with Crippen LogP contribution in [0.2, 0.25) is 0 Å². The van der Waals surface area contributed by atoms with Crippen LogP contribution in [0.5, 0.6) is 0 Å². The summed E-state index contributed by atoms with van der Waals surface area (Å²) in [7, 11) is 0. The summed E-state index contributed by atoms with van der Waals surface area (Å²) in [6, 6.07) is 7.81. The smallest absolute Gasteiger partial charge is 0.260 e. The summed E-state index contributed by atoms with van der Waals surface area (Å²) >= 11 is 1.14. The second-order valence-corrected chi connectivity index (χ2v) is 6.67. The van der Waals surface area contributed by atoms with E-state index in [0.717, 1.165) is 24.2 Å². The van der Waals surface area contributed by atoms with Crippen LogP contribution in [-0.4, -0.2) is 21.1 Å². The van der Waals surface area contributed by atoms with E-state index in [1.807, 2.05) is 6.92 Å². The number of pyridine rings is 1. The van der Waals surface area contributed by atoms with Crippen molar-refractivity contribution in [2.75, 3.05) is 5.32 Å². The summed E-state index contributed by atoms with van der Waals surface area (Å²) in [5.74, 6) is -1.06. The summed E-state index contributed by atoms with van der Waals surface area (Å²) < 4.78 is 14.5. The fourth-order valence-corrected chi connectivity index (χ4v) is 3.15. The molecule has 134 valence electrons. The summed E-state index contributed by atoms with van der Waals surface area (Å²) in [5.41, 5.74) is 0.977. The van der Waals surface area contributed by atoms with Crippen molar-refractivity contribution in [2.24, 2.45) is 0 Å². The molecule has 0 atom stereocenters. The van der Waals surface area contributed by atoms with Gasteiger partial charge in [0.2, 0.25) is 10.7 Å². The van der Waals surface area contributed by atoms with Crippen LogP contribution in [0.4, 0.5) is 9.52 Å².